The van der Waals surface area contributed by atoms with E-state index in [4.69, 9.17) is 16.3 Å². The first-order chi connectivity index (χ1) is 14.9. The molecule has 2 saturated heterocycles. The number of hydrogen-bond acceptors (Lipinski definition) is 3. The van der Waals surface area contributed by atoms with E-state index in [1.54, 1.807) is 35.2 Å². The number of benzene rings is 2. The molecule has 2 fully saturated rings. The Morgan fingerprint density at radius 3 is 2.90 bits per heavy atom. The Morgan fingerprint density at radius 2 is 2.06 bits per heavy atom. The van der Waals surface area contributed by atoms with Crippen molar-refractivity contribution in [1.82, 2.24) is 10.2 Å². The fourth-order valence-corrected chi connectivity index (χ4v) is 5.49. The summed E-state index contributed by atoms with van der Waals surface area (Å²) in [5, 5.41) is 3.78. The Morgan fingerprint density at radius 1 is 1.23 bits per heavy atom. The molecule has 162 valence electrons. The highest BCUT2D eigenvalue weighted by atomic mass is 35.5. The van der Waals surface area contributed by atoms with Gasteiger partial charge in [0.2, 0.25) is 5.91 Å². The second-order valence-electron chi connectivity index (χ2n) is 8.77. The van der Waals surface area contributed by atoms with Crippen LogP contribution >= 0.6 is 11.6 Å². The van der Waals surface area contributed by atoms with Crippen molar-refractivity contribution in [2.24, 2.45) is 0 Å². The Bertz CT molecular complexity index is 1050. The summed E-state index contributed by atoms with van der Waals surface area (Å²) in [6.07, 6.45) is 2.65. The van der Waals surface area contributed by atoms with E-state index in [-0.39, 0.29) is 23.5 Å². The zero-order valence-electron chi connectivity index (χ0n) is 17.1. The van der Waals surface area contributed by atoms with Crippen molar-refractivity contribution in [2.45, 2.75) is 49.7 Å². The number of carbonyl (C=O) groups excluding carboxylic acids is 2. The predicted octanol–water partition coefficient (Wildman–Crippen LogP) is 3.84. The second kappa shape index (κ2) is 7.83. The molecular formula is C24H24ClFN2O3. The lowest BCUT2D eigenvalue weighted by molar-refractivity contribution is -0.137. The van der Waals surface area contributed by atoms with Gasteiger partial charge in [0, 0.05) is 36.9 Å². The van der Waals surface area contributed by atoms with E-state index in [0.717, 1.165) is 18.4 Å². The first-order valence-corrected chi connectivity index (χ1v) is 11.1. The van der Waals surface area contributed by atoms with E-state index in [0.29, 0.717) is 48.7 Å². The van der Waals surface area contributed by atoms with Gasteiger partial charge in [-0.2, -0.15) is 0 Å². The minimum atomic E-state index is -0.666. The molecule has 0 radical (unpaired) electrons. The minimum Gasteiger partial charge on any atom is -0.480 e. The van der Waals surface area contributed by atoms with E-state index in [1.807, 2.05) is 6.07 Å². The molecule has 1 spiro atoms. The van der Waals surface area contributed by atoms with E-state index in [9.17, 15) is 14.0 Å². The van der Waals surface area contributed by atoms with Gasteiger partial charge in [0.05, 0.1) is 5.54 Å². The van der Waals surface area contributed by atoms with Crippen LogP contribution < -0.4 is 10.1 Å². The van der Waals surface area contributed by atoms with Crippen LogP contribution in [0.2, 0.25) is 5.02 Å². The topological polar surface area (TPSA) is 58.6 Å². The summed E-state index contributed by atoms with van der Waals surface area (Å²) in [7, 11) is 0. The number of nitrogens with zero attached hydrogens (tertiary/aromatic N) is 1. The Hall–Kier alpha value is -2.60. The summed E-state index contributed by atoms with van der Waals surface area (Å²) in [6.45, 7) is 0.699. The summed E-state index contributed by atoms with van der Waals surface area (Å²) in [5.41, 5.74) is 0.788. The molecule has 1 N–H and O–H groups in total. The molecule has 2 amide bonds. The average Bonchev–Trinajstić information content (AvgIpc) is 3.26. The Kier molecular flexibility index (Phi) is 5.13. The van der Waals surface area contributed by atoms with E-state index in [2.05, 4.69) is 5.32 Å². The third-order valence-corrected chi connectivity index (χ3v) is 7.01. The number of ether oxygens (including phenoxy) is 1. The molecule has 2 aromatic carbocycles. The Labute approximate surface area is 185 Å². The van der Waals surface area contributed by atoms with Crippen LogP contribution in [0.4, 0.5) is 4.39 Å². The van der Waals surface area contributed by atoms with Crippen LogP contribution in [0.1, 0.15) is 42.7 Å². The fraction of sp³-hybridized carbons (Fsp3) is 0.417. The highest BCUT2D eigenvalue weighted by Gasteiger charge is 2.51. The van der Waals surface area contributed by atoms with Crippen LogP contribution in [-0.4, -0.2) is 41.4 Å². The van der Waals surface area contributed by atoms with Gasteiger partial charge in [0.15, 0.2) is 6.10 Å². The molecule has 3 atom stereocenters. The molecule has 5 rings (SSSR count). The third kappa shape index (κ3) is 3.67. The molecule has 3 heterocycles. The van der Waals surface area contributed by atoms with Gasteiger partial charge in [-0.3, -0.25) is 9.59 Å². The molecule has 7 heteroatoms. The average molecular weight is 443 g/mol. The number of hydrogen-bond donors (Lipinski definition) is 1. The van der Waals surface area contributed by atoms with Gasteiger partial charge >= 0.3 is 0 Å². The molecule has 3 aliphatic rings. The SMILES string of the molecule is O=C1CCCC[C@]2(CN(C(=O)[C@H]3Cc4cc(Cl)ccc4O3)C[C@H]2c2ccccc2F)N1. The van der Waals surface area contributed by atoms with Gasteiger partial charge in [-0.1, -0.05) is 36.2 Å². The number of nitrogens with one attached hydrogen (secondary N) is 1. The maximum Gasteiger partial charge on any atom is 0.264 e. The van der Waals surface area contributed by atoms with Gasteiger partial charge in [0.1, 0.15) is 11.6 Å². The van der Waals surface area contributed by atoms with Crippen LogP contribution in [0, 0.1) is 5.82 Å². The molecule has 3 aliphatic heterocycles. The molecule has 5 nitrogen and oxygen atoms in total. The molecule has 0 bridgehead atoms. The number of amides is 2. The number of fused-ring (bicyclic) bond motifs is 1. The highest BCUT2D eigenvalue weighted by Crippen LogP contribution is 2.42. The number of carbonyl (C=O) groups is 2. The third-order valence-electron chi connectivity index (χ3n) is 6.77. The van der Waals surface area contributed by atoms with Gasteiger partial charge in [-0.25, -0.2) is 4.39 Å². The lowest BCUT2D eigenvalue weighted by Crippen LogP contribution is -2.53. The molecule has 31 heavy (non-hydrogen) atoms. The van der Waals surface area contributed by atoms with E-state index in [1.165, 1.54) is 6.07 Å². The number of rotatable bonds is 2. The number of halogens is 2. The van der Waals surface area contributed by atoms with Crippen molar-refractivity contribution < 1.29 is 18.7 Å². The first-order valence-electron chi connectivity index (χ1n) is 10.7. The van der Waals surface area contributed by atoms with Crippen molar-refractivity contribution in [3.8, 4) is 5.75 Å². The summed E-state index contributed by atoms with van der Waals surface area (Å²) < 4.78 is 20.7. The summed E-state index contributed by atoms with van der Waals surface area (Å²) in [5.74, 6) is -0.113. The van der Waals surface area contributed by atoms with Gasteiger partial charge in [0.25, 0.3) is 5.91 Å². The van der Waals surface area contributed by atoms with Crippen molar-refractivity contribution in [2.75, 3.05) is 13.1 Å². The quantitative estimate of drug-likeness (QED) is 0.768. The van der Waals surface area contributed by atoms with Crippen LogP contribution in [-0.2, 0) is 16.0 Å². The smallest absolute Gasteiger partial charge is 0.264 e. The molecule has 0 aliphatic carbocycles. The predicted molar refractivity (Wildman–Crippen MR) is 115 cm³/mol. The van der Waals surface area contributed by atoms with Crippen molar-refractivity contribution in [3.05, 3.63) is 64.4 Å². The summed E-state index contributed by atoms with van der Waals surface area (Å²) in [6, 6.07) is 12.0. The van der Waals surface area contributed by atoms with Crippen molar-refractivity contribution >= 4 is 23.4 Å². The fourth-order valence-electron chi connectivity index (χ4n) is 5.30. The lowest BCUT2D eigenvalue weighted by atomic mass is 9.78. The van der Waals surface area contributed by atoms with Crippen molar-refractivity contribution in [1.29, 1.82) is 0 Å². The van der Waals surface area contributed by atoms with Crippen LogP contribution in [0.15, 0.2) is 42.5 Å². The normalized spacial score (nSPS) is 27.5. The molecule has 0 aromatic heterocycles. The lowest BCUT2D eigenvalue weighted by Gasteiger charge is -2.35. The van der Waals surface area contributed by atoms with Crippen molar-refractivity contribution in [3.63, 3.8) is 0 Å². The molecule has 2 aromatic rings. The van der Waals surface area contributed by atoms with Gasteiger partial charge in [-0.15, -0.1) is 0 Å². The maximum absolute atomic E-state index is 14.8. The zero-order chi connectivity index (χ0) is 21.6. The van der Waals surface area contributed by atoms with E-state index >= 15 is 0 Å². The van der Waals surface area contributed by atoms with Gasteiger partial charge < -0.3 is 15.0 Å². The zero-order valence-corrected chi connectivity index (χ0v) is 17.8. The largest absolute Gasteiger partial charge is 0.480 e. The highest BCUT2D eigenvalue weighted by molar-refractivity contribution is 6.30. The summed E-state index contributed by atoms with van der Waals surface area (Å²) >= 11 is 6.08. The van der Waals surface area contributed by atoms with Crippen LogP contribution in [0.5, 0.6) is 5.75 Å². The monoisotopic (exact) mass is 442 g/mol. The van der Waals surface area contributed by atoms with Crippen LogP contribution in [0.25, 0.3) is 0 Å². The molecule has 0 saturated carbocycles. The maximum atomic E-state index is 14.8. The van der Waals surface area contributed by atoms with Crippen LogP contribution in [0.3, 0.4) is 0 Å². The molecule has 0 unspecified atom stereocenters. The number of likely N-dealkylation sites (tertiary alicyclic amines) is 1. The minimum absolute atomic E-state index is 0.0349. The summed E-state index contributed by atoms with van der Waals surface area (Å²) in [4.78, 5) is 27.6. The van der Waals surface area contributed by atoms with Gasteiger partial charge in [-0.05, 0) is 48.2 Å². The standard InChI is InChI=1S/C24H24ClFN2O3/c25-16-8-9-20-15(11-16)12-21(31-20)23(30)28-13-18(17-5-1-2-6-19(17)26)24(14-28)10-4-3-7-22(29)27-24/h1-2,5-6,8-9,11,18,21H,3-4,7,10,12-14H2,(H,27,29)/t18-,21+,24+/m0/s1. The second-order valence-corrected chi connectivity index (χ2v) is 9.20. The molecular weight excluding hydrogens is 419 g/mol. The van der Waals surface area contributed by atoms with E-state index < -0.39 is 11.6 Å². The Balaban J connectivity index is 1.44. The first kappa shape index (κ1) is 20.3.